The van der Waals surface area contributed by atoms with Crippen molar-refractivity contribution in [2.24, 2.45) is 11.3 Å². The van der Waals surface area contributed by atoms with Crippen molar-refractivity contribution >= 4 is 5.97 Å². The van der Waals surface area contributed by atoms with Crippen LogP contribution in [0.3, 0.4) is 0 Å². The second kappa shape index (κ2) is 18.4. The number of hydrogen-bond donors (Lipinski definition) is 0. The van der Waals surface area contributed by atoms with E-state index in [1.807, 2.05) is 0 Å². The topological polar surface area (TPSA) is 35.5 Å². The lowest BCUT2D eigenvalue weighted by Gasteiger charge is -2.34. The molecular formula is C32H58O3. The molecule has 0 spiro atoms. The Morgan fingerprint density at radius 3 is 1.74 bits per heavy atom. The van der Waals surface area contributed by atoms with Crippen LogP contribution in [0.1, 0.15) is 155 Å². The predicted molar refractivity (Wildman–Crippen MR) is 149 cm³/mol. The van der Waals surface area contributed by atoms with Crippen molar-refractivity contribution in [3.63, 3.8) is 0 Å². The van der Waals surface area contributed by atoms with Crippen molar-refractivity contribution in [2.75, 3.05) is 13.2 Å². The molecule has 204 valence electrons. The maximum absolute atomic E-state index is 12.0. The molecule has 3 unspecified atom stereocenters. The van der Waals surface area contributed by atoms with Crippen LogP contribution in [0.2, 0.25) is 0 Å². The summed E-state index contributed by atoms with van der Waals surface area (Å²) in [5, 5.41) is 0. The number of esters is 1. The largest absolute Gasteiger partial charge is 0.458 e. The van der Waals surface area contributed by atoms with Crippen LogP contribution in [-0.4, -0.2) is 25.3 Å². The summed E-state index contributed by atoms with van der Waals surface area (Å²) in [4.78, 5) is 12.0. The third kappa shape index (κ3) is 12.3. The number of carbonyl (C=O) groups is 1. The van der Waals surface area contributed by atoms with E-state index >= 15 is 0 Å². The van der Waals surface area contributed by atoms with Gasteiger partial charge in [0.05, 0.1) is 6.61 Å². The van der Waals surface area contributed by atoms with Gasteiger partial charge in [0.15, 0.2) is 0 Å². The Bertz CT molecular complexity index is 571. The second-order valence-corrected chi connectivity index (χ2v) is 11.9. The SMILES string of the molecule is C=C(C)C(=O)OC1CC2CCC1(COCCCCCCCCCCCCCCCCCCCC)C2. The quantitative estimate of drug-likeness (QED) is 0.0812. The zero-order valence-corrected chi connectivity index (χ0v) is 23.6. The molecule has 0 aromatic rings. The fraction of sp³-hybridized carbons (Fsp3) is 0.906. The molecule has 0 radical (unpaired) electrons. The lowest BCUT2D eigenvalue weighted by atomic mass is 9.82. The molecule has 2 aliphatic rings. The van der Waals surface area contributed by atoms with Crippen LogP contribution in [-0.2, 0) is 14.3 Å². The van der Waals surface area contributed by atoms with E-state index in [1.54, 1.807) is 6.92 Å². The molecule has 0 N–H and O–H groups in total. The monoisotopic (exact) mass is 490 g/mol. The van der Waals surface area contributed by atoms with Gasteiger partial charge in [0, 0.05) is 17.6 Å². The van der Waals surface area contributed by atoms with Crippen molar-refractivity contribution in [3.8, 4) is 0 Å². The van der Waals surface area contributed by atoms with Crippen molar-refractivity contribution in [3.05, 3.63) is 12.2 Å². The first-order valence-corrected chi connectivity index (χ1v) is 15.5. The van der Waals surface area contributed by atoms with Gasteiger partial charge in [-0.1, -0.05) is 123 Å². The number of carbonyl (C=O) groups excluding carboxylic acids is 1. The molecule has 2 fully saturated rings. The van der Waals surface area contributed by atoms with Crippen molar-refractivity contribution < 1.29 is 14.3 Å². The van der Waals surface area contributed by atoms with Crippen LogP contribution in [0.5, 0.6) is 0 Å². The summed E-state index contributed by atoms with van der Waals surface area (Å²) in [7, 11) is 0. The van der Waals surface area contributed by atoms with Gasteiger partial charge in [-0.15, -0.1) is 0 Å². The smallest absolute Gasteiger partial charge is 0.333 e. The molecule has 0 aromatic heterocycles. The highest BCUT2D eigenvalue weighted by Gasteiger charge is 2.54. The van der Waals surface area contributed by atoms with E-state index < -0.39 is 0 Å². The Balaban J connectivity index is 1.34. The maximum Gasteiger partial charge on any atom is 0.333 e. The van der Waals surface area contributed by atoms with E-state index in [9.17, 15) is 4.79 Å². The summed E-state index contributed by atoms with van der Waals surface area (Å²) in [5.74, 6) is 0.483. The van der Waals surface area contributed by atoms with Gasteiger partial charge in [0.1, 0.15) is 6.10 Å². The molecule has 0 saturated heterocycles. The Kier molecular flexibility index (Phi) is 16.0. The summed E-state index contributed by atoms with van der Waals surface area (Å²) in [5.41, 5.74) is 0.576. The van der Waals surface area contributed by atoms with E-state index in [0.29, 0.717) is 11.5 Å². The van der Waals surface area contributed by atoms with Gasteiger partial charge in [0.2, 0.25) is 0 Å². The first-order chi connectivity index (χ1) is 17.1. The highest BCUT2D eigenvalue weighted by atomic mass is 16.5. The normalized spacial score (nSPS) is 23.1. The molecular weight excluding hydrogens is 432 g/mol. The fourth-order valence-corrected chi connectivity index (χ4v) is 6.33. The molecule has 0 aromatic carbocycles. The Hall–Kier alpha value is -0.830. The van der Waals surface area contributed by atoms with Crippen LogP contribution < -0.4 is 0 Å². The summed E-state index contributed by atoms with van der Waals surface area (Å²) in [6.07, 6.45) is 29.9. The Morgan fingerprint density at radius 2 is 1.29 bits per heavy atom. The van der Waals surface area contributed by atoms with Crippen LogP contribution in [0.4, 0.5) is 0 Å². The van der Waals surface area contributed by atoms with Crippen LogP contribution in [0.25, 0.3) is 0 Å². The first kappa shape index (κ1) is 30.4. The van der Waals surface area contributed by atoms with Gasteiger partial charge < -0.3 is 9.47 Å². The lowest BCUT2D eigenvalue weighted by Crippen LogP contribution is -2.38. The highest BCUT2D eigenvalue weighted by molar-refractivity contribution is 5.87. The van der Waals surface area contributed by atoms with Crippen LogP contribution in [0, 0.1) is 11.3 Å². The van der Waals surface area contributed by atoms with Gasteiger partial charge in [-0.2, -0.15) is 0 Å². The third-order valence-corrected chi connectivity index (χ3v) is 8.61. The van der Waals surface area contributed by atoms with Gasteiger partial charge in [0.25, 0.3) is 0 Å². The molecule has 0 heterocycles. The molecule has 2 aliphatic carbocycles. The van der Waals surface area contributed by atoms with Gasteiger partial charge in [-0.05, 0) is 44.9 Å². The average molecular weight is 491 g/mol. The molecule has 35 heavy (non-hydrogen) atoms. The number of rotatable bonds is 23. The average Bonchev–Trinajstić information content (AvgIpc) is 3.41. The third-order valence-electron chi connectivity index (χ3n) is 8.61. The Morgan fingerprint density at radius 1 is 0.800 bits per heavy atom. The van der Waals surface area contributed by atoms with E-state index in [1.165, 1.54) is 122 Å². The molecule has 0 aliphatic heterocycles. The molecule has 3 heteroatoms. The van der Waals surface area contributed by atoms with Crippen molar-refractivity contribution in [1.29, 1.82) is 0 Å². The minimum absolute atomic E-state index is 0.0331. The van der Waals surface area contributed by atoms with Gasteiger partial charge in [-0.25, -0.2) is 4.79 Å². The minimum Gasteiger partial charge on any atom is -0.458 e. The standard InChI is InChI=1S/C32H58O3/c1-4-5-6-7-8-9-10-11-12-13-14-15-16-17-18-19-20-21-24-34-27-32-23-22-29(26-32)25-30(32)35-31(33)28(2)3/h29-30H,2,4-27H2,1,3H3. The number of ether oxygens (including phenoxy) is 2. The highest BCUT2D eigenvalue weighted by Crippen LogP contribution is 2.55. The predicted octanol–water partition coefficient (Wildman–Crippen LogP) is 9.72. The number of hydrogen-bond acceptors (Lipinski definition) is 3. The van der Waals surface area contributed by atoms with Crippen molar-refractivity contribution in [2.45, 2.75) is 161 Å². The lowest BCUT2D eigenvalue weighted by molar-refractivity contribution is -0.153. The zero-order chi connectivity index (χ0) is 25.2. The van der Waals surface area contributed by atoms with Gasteiger partial charge in [-0.3, -0.25) is 0 Å². The van der Waals surface area contributed by atoms with Crippen LogP contribution in [0.15, 0.2) is 12.2 Å². The summed E-state index contributed by atoms with van der Waals surface area (Å²) < 4.78 is 11.9. The van der Waals surface area contributed by atoms with Gasteiger partial charge >= 0.3 is 5.97 Å². The fourth-order valence-electron chi connectivity index (χ4n) is 6.33. The second-order valence-electron chi connectivity index (χ2n) is 11.9. The van der Waals surface area contributed by atoms with E-state index in [4.69, 9.17) is 9.47 Å². The van der Waals surface area contributed by atoms with E-state index in [-0.39, 0.29) is 17.5 Å². The molecule has 3 atom stereocenters. The molecule has 0 amide bonds. The molecule has 2 rings (SSSR count). The van der Waals surface area contributed by atoms with E-state index in [0.717, 1.165) is 32.5 Å². The summed E-state index contributed by atoms with van der Waals surface area (Å²) >= 11 is 0. The maximum atomic E-state index is 12.0. The number of fused-ring (bicyclic) bond motifs is 2. The van der Waals surface area contributed by atoms with E-state index in [2.05, 4.69) is 13.5 Å². The number of unbranched alkanes of at least 4 members (excludes halogenated alkanes) is 17. The first-order valence-electron chi connectivity index (χ1n) is 15.5. The van der Waals surface area contributed by atoms with Crippen LogP contribution >= 0.6 is 0 Å². The summed E-state index contributed by atoms with van der Waals surface area (Å²) in [6.45, 7) is 9.37. The van der Waals surface area contributed by atoms with Crippen molar-refractivity contribution in [1.82, 2.24) is 0 Å². The molecule has 3 nitrogen and oxygen atoms in total. The molecule has 2 bridgehead atoms. The Labute approximate surface area is 218 Å². The minimum atomic E-state index is -0.231. The molecule has 2 saturated carbocycles. The summed E-state index contributed by atoms with van der Waals surface area (Å²) in [6, 6.07) is 0. The zero-order valence-electron chi connectivity index (χ0n) is 23.6.